The van der Waals surface area contributed by atoms with Crippen LogP contribution in [-0.4, -0.2) is 10.4 Å². The second-order valence-electron chi connectivity index (χ2n) is 3.90. The number of aryl methyl sites for hydroxylation is 1. The first-order valence-corrected chi connectivity index (χ1v) is 5.30. The molecule has 78 valence electrons. The minimum atomic E-state index is 0.171. The Morgan fingerprint density at radius 3 is 2.71 bits per heavy atom. The fourth-order valence-corrected chi connectivity index (χ4v) is 1.88. The van der Waals surface area contributed by atoms with Gasteiger partial charge >= 0.3 is 0 Å². The van der Waals surface area contributed by atoms with Crippen LogP contribution in [0.5, 0.6) is 0 Å². The second-order valence-corrected chi connectivity index (χ2v) is 4.65. The molecule has 0 fully saturated rings. The van der Waals surface area contributed by atoms with Crippen LogP contribution in [0.1, 0.15) is 37.3 Å². The molecule has 3 heteroatoms. The number of pyridine rings is 1. The molecule has 0 saturated carbocycles. The third kappa shape index (κ3) is 2.88. The van der Waals surface area contributed by atoms with Crippen LogP contribution < -0.4 is 5.73 Å². The summed E-state index contributed by atoms with van der Waals surface area (Å²) in [6, 6.07) is 2.09. The van der Waals surface area contributed by atoms with Gasteiger partial charge in [0.25, 0.3) is 0 Å². The fourth-order valence-electron chi connectivity index (χ4n) is 1.61. The zero-order chi connectivity index (χ0) is 10.7. The van der Waals surface area contributed by atoms with E-state index in [0.717, 1.165) is 17.5 Å². The van der Waals surface area contributed by atoms with E-state index in [-0.39, 0.29) is 5.38 Å². The van der Waals surface area contributed by atoms with Gasteiger partial charge in [0.2, 0.25) is 0 Å². The molecule has 0 aliphatic carbocycles. The normalized spacial score (nSPS) is 15.1. The Morgan fingerprint density at radius 2 is 2.14 bits per heavy atom. The van der Waals surface area contributed by atoms with Crippen molar-refractivity contribution in [1.29, 1.82) is 0 Å². The molecule has 1 rings (SSSR count). The molecular formula is C11H17ClN2. The lowest BCUT2D eigenvalue weighted by Crippen LogP contribution is -2.06. The highest BCUT2D eigenvalue weighted by Gasteiger charge is 2.12. The molecule has 2 nitrogen and oxygen atoms in total. The van der Waals surface area contributed by atoms with E-state index in [1.165, 1.54) is 0 Å². The highest BCUT2D eigenvalue weighted by molar-refractivity contribution is 6.20. The fraction of sp³-hybridized carbons (Fsp3) is 0.545. The van der Waals surface area contributed by atoms with Gasteiger partial charge in [0.05, 0.1) is 0 Å². The zero-order valence-corrected chi connectivity index (χ0v) is 9.67. The average Bonchev–Trinajstić information content (AvgIpc) is 2.08. The van der Waals surface area contributed by atoms with Gasteiger partial charge in [-0.3, -0.25) is 0 Å². The number of alkyl halides is 1. The lowest BCUT2D eigenvalue weighted by atomic mass is 9.96. The summed E-state index contributed by atoms with van der Waals surface area (Å²) in [6.45, 7) is 6.15. The van der Waals surface area contributed by atoms with E-state index in [2.05, 4.69) is 18.0 Å². The summed E-state index contributed by atoms with van der Waals surface area (Å²) in [5.74, 6) is 0.996. The van der Waals surface area contributed by atoms with Crippen LogP contribution in [0.25, 0.3) is 0 Å². The zero-order valence-electron chi connectivity index (χ0n) is 8.92. The van der Waals surface area contributed by atoms with Crippen molar-refractivity contribution in [2.75, 3.05) is 5.73 Å². The van der Waals surface area contributed by atoms with Crippen LogP contribution >= 0.6 is 11.6 Å². The lowest BCUT2D eigenvalue weighted by Gasteiger charge is -2.15. The Balaban J connectivity index is 2.88. The molecule has 0 aliphatic rings. The lowest BCUT2D eigenvalue weighted by molar-refractivity contribution is 0.670. The molecule has 2 N–H and O–H groups in total. The van der Waals surface area contributed by atoms with Crippen molar-refractivity contribution in [1.82, 2.24) is 4.98 Å². The van der Waals surface area contributed by atoms with Gasteiger partial charge in [-0.15, -0.1) is 11.6 Å². The topological polar surface area (TPSA) is 38.9 Å². The first-order valence-electron chi connectivity index (χ1n) is 4.86. The molecule has 14 heavy (non-hydrogen) atoms. The van der Waals surface area contributed by atoms with Gasteiger partial charge in [0, 0.05) is 11.6 Å². The van der Waals surface area contributed by atoms with E-state index >= 15 is 0 Å². The molecule has 0 aromatic carbocycles. The Morgan fingerprint density at radius 1 is 1.50 bits per heavy atom. The average molecular weight is 213 g/mol. The molecule has 1 aromatic heterocycles. The van der Waals surface area contributed by atoms with Gasteiger partial charge in [-0.25, -0.2) is 4.98 Å². The predicted molar refractivity (Wildman–Crippen MR) is 61.7 cm³/mol. The number of rotatable bonds is 3. The van der Waals surface area contributed by atoms with Crippen LogP contribution in [0.2, 0.25) is 0 Å². The van der Waals surface area contributed by atoms with Crippen molar-refractivity contribution < 1.29 is 0 Å². The number of hydrogen-bond donors (Lipinski definition) is 1. The molecule has 2 unspecified atom stereocenters. The highest BCUT2D eigenvalue weighted by atomic mass is 35.5. The van der Waals surface area contributed by atoms with E-state index < -0.39 is 0 Å². The number of nitrogens with zero attached hydrogens (tertiary/aromatic N) is 1. The number of aromatic nitrogens is 1. The Labute approximate surface area is 90.5 Å². The molecule has 0 bridgehead atoms. The Kier molecular flexibility index (Phi) is 3.76. The molecule has 0 radical (unpaired) electrons. The van der Waals surface area contributed by atoms with Gasteiger partial charge < -0.3 is 5.73 Å². The molecule has 0 spiro atoms. The van der Waals surface area contributed by atoms with Gasteiger partial charge in [0.1, 0.15) is 5.82 Å². The predicted octanol–water partition coefficient (Wildman–Crippen LogP) is 3.09. The van der Waals surface area contributed by atoms with E-state index in [9.17, 15) is 0 Å². The monoisotopic (exact) mass is 212 g/mol. The molecular weight excluding hydrogens is 196 g/mol. The number of nitrogens with two attached hydrogens (primary N) is 1. The van der Waals surface area contributed by atoms with E-state index in [1.54, 1.807) is 6.20 Å². The summed E-state index contributed by atoms with van der Waals surface area (Å²) in [7, 11) is 0. The Bertz CT molecular complexity index is 310. The minimum Gasteiger partial charge on any atom is -0.383 e. The van der Waals surface area contributed by atoms with Gasteiger partial charge in [-0.05, 0) is 37.3 Å². The van der Waals surface area contributed by atoms with E-state index in [0.29, 0.717) is 11.7 Å². The quantitative estimate of drug-likeness (QED) is 0.783. The molecule has 0 aliphatic heterocycles. The summed E-state index contributed by atoms with van der Waals surface area (Å²) < 4.78 is 0. The standard InChI is InChI=1S/C11H17ClN2/c1-7-4-10(11(13)14-6-7)8(2)5-9(3)12/h4,6,8-9H,5H2,1-3H3,(H2,13,14). The molecule has 0 saturated heterocycles. The van der Waals surface area contributed by atoms with Crippen molar-refractivity contribution in [2.45, 2.75) is 38.5 Å². The van der Waals surface area contributed by atoms with Crippen LogP contribution in [0.3, 0.4) is 0 Å². The summed E-state index contributed by atoms with van der Waals surface area (Å²) in [6.07, 6.45) is 2.71. The van der Waals surface area contributed by atoms with E-state index in [4.69, 9.17) is 17.3 Å². The van der Waals surface area contributed by atoms with Gasteiger partial charge in [0.15, 0.2) is 0 Å². The largest absolute Gasteiger partial charge is 0.383 e. The summed E-state index contributed by atoms with van der Waals surface area (Å²) in [4.78, 5) is 4.14. The number of halogens is 1. The molecule has 1 aromatic rings. The van der Waals surface area contributed by atoms with Gasteiger partial charge in [-0.2, -0.15) is 0 Å². The second kappa shape index (κ2) is 4.65. The number of hydrogen-bond acceptors (Lipinski definition) is 2. The minimum absolute atomic E-state index is 0.171. The van der Waals surface area contributed by atoms with Crippen LogP contribution in [-0.2, 0) is 0 Å². The summed E-state index contributed by atoms with van der Waals surface area (Å²) >= 11 is 5.95. The van der Waals surface area contributed by atoms with Crippen molar-refractivity contribution in [2.24, 2.45) is 0 Å². The maximum Gasteiger partial charge on any atom is 0.126 e. The van der Waals surface area contributed by atoms with Crippen molar-refractivity contribution in [3.05, 3.63) is 23.4 Å². The first kappa shape index (κ1) is 11.3. The van der Waals surface area contributed by atoms with Crippen LogP contribution in [0, 0.1) is 6.92 Å². The van der Waals surface area contributed by atoms with Crippen molar-refractivity contribution in [3.63, 3.8) is 0 Å². The summed E-state index contributed by atoms with van der Waals surface area (Å²) in [5.41, 5.74) is 8.06. The van der Waals surface area contributed by atoms with Gasteiger partial charge in [-0.1, -0.05) is 13.0 Å². The maximum absolute atomic E-state index is 5.95. The Hall–Kier alpha value is -0.760. The first-order chi connectivity index (χ1) is 6.50. The maximum atomic E-state index is 5.95. The highest BCUT2D eigenvalue weighted by Crippen LogP contribution is 2.26. The molecule has 1 heterocycles. The van der Waals surface area contributed by atoms with Crippen molar-refractivity contribution >= 4 is 17.4 Å². The smallest absolute Gasteiger partial charge is 0.126 e. The molecule has 2 atom stereocenters. The summed E-state index contributed by atoms with van der Waals surface area (Å²) in [5, 5.41) is 0.171. The SMILES string of the molecule is Cc1cnc(N)c(C(C)CC(C)Cl)c1. The number of nitrogen functional groups attached to an aromatic ring is 1. The molecule has 0 amide bonds. The van der Waals surface area contributed by atoms with Crippen LogP contribution in [0.4, 0.5) is 5.82 Å². The van der Waals surface area contributed by atoms with Crippen LogP contribution in [0.15, 0.2) is 12.3 Å². The third-order valence-corrected chi connectivity index (χ3v) is 2.47. The third-order valence-electron chi connectivity index (χ3n) is 2.30. The number of anilines is 1. The van der Waals surface area contributed by atoms with Crippen molar-refractivity contribution in [3.8, 4) is 0 Å². The van der Waals surface area contributed by atoms with E-state index in [1.807, 2.05) is 13.8 Å².